The zero-order chi connectivity index (χ0) is 30.6. The zero-order valence-corrected chi connectivity index (χ0v) is 24.4. The molecule has 2 bridgehead atoms. The van der Waals surface area contributed by atoms with Gasteiger partial charge in [0.05, 0.1) is 22.5 Å². The molecule has 0 unspecified atom stereocenters. The quantitative estimate of drug-likeness (QED) is 0.278. The lowest BCUT2D eigenvalue weighted by Gasteiger charge is -2.43. The predicted octanol–water partition coefficient (Wildman–Crippen LogP) is 7.04. The summed E-state index contributed by atoms with van der Waals surface area (Å²) < 4.78 is 81.0. The van der Waals surface area contributed by atoms with Crippen LogP contribution in [0.25, 0.3) is 11.1 Å². The summed E-state index contributed by atoms with van der Waals surface area (Å²) in [6, 6.07) is 14.8. The molecule has 7 nitrogen and oxygen atoms in total. The molecular weight excluding hydrogens is 583 g/mol. The first kappa shape index (κ1) is 29.3. The number of halogens is 3. The smallest absolute Gasteiger partial charge is 0.387 e. The number of nitrogens with zero attached hydrogens (tertiary/aromatic N) is 1. The Morgan fingerprint density at radius 1 is 1.07 bits per heavy atom. The van der Waals surface area contributed by atoms with E-state index < -0.39 is 45.4 Å². The monoisotopic (exact) mass is 615 g/mol. The number of hydrogen-bond acceptors (Lipinski definition) is 5. The van der Waals surface area contributed by atoms with Gasteiger partial charge in [-0.2, -0.15) is 8.78 Å². The van der Waals surface area contributed by atoms with Crippen LogP contribution in [0.4, 0.5) is 18.9 Å². The largest absolute Gasteiger partial charge is 0.486 e. The molecule has 0 spiro atoms. The molecule has 1 aliphatic heterocycles. The van der Waals surface area contributed by atoms with Gasteiger partial charge in [-0.15, -0.1) is 0 Å². The van der Waals surface area contributed by atoms with Crippen LogP contribution in [0.3, 0.4) is 0 Å². The summed E-state index contributed by atoms with van der Waals surface area (Å²) in [6.45, 7) is -1.16. The number of carboxylic acids is 1. The minimum Gasteiger partial charge on any atom is -0.486 e. The summed E-state index contributed by atoms with van der Waals surface area (Å²) in [4.78, 5) is 12.3. The van der Waals surface area contributed by atoms with Crippen molar-refractivity contribution in [3.8, 4) is 22.6 Å². The number of hydrogen-bond donors (Lipinski definition) is 1. The van der Waals surface area contributed by atoms with Crippen LogP contribution in [-0.2, 0) is 21.2 Å². The van der Waals surface area contributed by atoms with Crippen LogP contribution >= 0.6 is 0 Å². The van der Waals surface area contributed by atoms with Crippen LogP contribution in [0.2, 0.25) is 0 Å². The first-order chi connectivity index (χ1) is 20.4. The van der Waals surface area contributed by atoms with E-state index in [4.69, 9.17) is 4.74 Å². The van der Waals surface area contributed by atoms with Crippen molar-refractivity contribution in [2.24, 2.45) is 10.8 Å². The number of aryl methyl sites for hydroxylation is 1. The molecule has 11 heteroatoms. The predicted molar refractivity (Wildman–Crippen MR) is 153 cm³/mol. The highest BCUT2D eigenvalue weighted by molar-refractivity contribution is 7.92. The number of alkyl halides is 2. The van der Waals surface area contributed by atoms with Crippen molar-refractivity contribution in [1.29, 1.82) is 0 Å². The normalized spacial score (nSPS) is 24.6. The Kier molecular flexibility index (Phi) is 7.35. The molecule has 2 aliphatic carbocycles. The number of aliphatic carboxylic acids is 1. The van der Waals surface area contributed by atoms with Crippen LogP contribution in [-0.4, -0.2) is 38.8 Å². The average molecular weight is 616 g/mol. The van der Waals surface area contributed by atoms with E-state index in [0.717, 1.165) is 24.1 Å². The third-order valence-electron chi connectivity index (χ3n) is 9.31. The van der Waals surface area contributed by atoms with Gasteiger partial charge in [0.15, 0.2) is 0 Å². The fourth-order valence-electron chi connectivity index (χ4n) is 7.13. The number of benzene rings is 3. The third kappa shape index (κ3) is 5.21. The Labute approximate surface area is 248 Å². The highest BCUT2D eigenvalue weighted by Crippen LogP contribution is 2.64. The van der Waals surface area contributed by atoms with Gasteiger partial charge in [0.1, 0.15) is 23.4 Å². The lowest BCUT2D eigenvalue weighted by Crippen LogP contribution is -2.50. The molecule has 0 aromatic heterocycles. The molecule has 2 fully saturated rings. The van der Waals surface area contributed by atoms with Gasteiger partial charge in [-0.25, -0.2) is 12.8 Å². The van der Waals surface area contributed by atoms with Crippen molar-refractivity contribution >= 4 is 21.7 Å². The van der Waals surface area contributed by atoms with E-state index in [2.05, 4.69) is 4.74 Å². The zero-order valence-electron chi connectivity index (χ0n) is 23.6. The van der Waals surface area contributed by atoms with E-state index in [1.807, 2.05) is 13.0 Å². The van der Waals surface area contributed by atoms with Crippen LogP contribution in [0.5, 0.6) is 11.5 Å². The van der Waals surface area contributed by atoms with Crippen LogP contribution in [0.15, 0.2) is 65.6 Å². The Morgan fingerprint density at radius 2 is 1.84 bits per heavy atom. The van der Waals surface area contributed by atoms with Crippen molar-refractivity contribution in [2.45, 2.75) is 69.5 Å². The van der Waals surface area contributed by atoms with Crippen molar-refractivity contribution in [3.05, 3.63) is 72.0 Å². The molecule has 2 saturated carbocycles. The summed E-state index contributed by atoms with van der Waals surface area (Å²) in [5, 5.41) is 9.96. The highest BCUT2D eigenvalue weighted by atomic mass is 32.2. The molecular formula is C32H32F3NO6S. The minimum absolute atomic E-state index is 0.0324. The van der Waals surface area contributed by atoms with Gasteiger partial charge in [0.25, 0.3) is 10.0 Å². The molecule has 3 aromatic rings. The number of ether oxygens (including phenoxy) is 2. The highest BCUT2D eigenvalue weighted by Gasteiger charge is 2.62. The molecule has 43 heavy (non-hydrogen) atoms. The molecule has 3 aliphatic rings. The molecule has 0 amide bonds. The van der Waals surface area contributed by atoms with E-state index in [1.54, 1.807) is 36.4 Å². The van der Waals surface area contributed by atoms with Gasteiger partial charge in [0, 0.05) is 11.5 Å². The van der Waals surface area contributed by atoms with E-state index in [9.17, 15) is 31.5 Å². The number of fused-ring (bicyclic) bond motifs is 3. The number of anilines is 1. The number of sulfonamides is 1. The second kappa shape index (κ2) is 10.8. The van der Waals surface area contributed by atoms with E-state index >= 15 is 0 Å². The van der Waals surface area contributed by atoms with E-state index in [0.29, 0.717) is 49.8 Å². The molecule has 1 atom stereocenters. The summed E-state index contributed by atoms with van der Waals surface area (Å²) in [6.07, 6.45) is 3.66. The van der Waals surface area contributed by atoms with E-state index in [1.165, 1.54) is 10.4 Å². The molecule has 1 N–H and O–H groups in total. The maximum absolute atomic E-state index is 14.4. The Bertz CT molecular complexity index is 1670. The van der Waals surface area contributed by atoms with Crippen LogP contribution in [0, 0.1) is 16.6 Å². The number of carbonyl (C=O) groups is 1. The molecule has 0 radical (unpaired) electrons. The average Bonchev–Trinajstić information content (AvgIpc) is 3.56. The second-order valence-corrected chi connectivity index (χ2v) is 13.8. The fourth-order valence-corrected chi connectivity index (χ4v) is 8.67. The fraction of sp³-hybridized carbons (Fsp3) is 0.406. The summed E-state index contributed by atoms with van der Waals surface area (Å²) in [5.41, 5.74) is 0.401. The first-order valence-corrected chi connectivity index (χ1v) is 15.8. The summed E-state index contributed by atoms with van der Waals surface area (Å²) in [7, 11) is -4.12. The third-order valence-corrected chi connectivity index (χ3v) is 11.1. The Hall–Kier alpha value is -3.73. The lowest BCUT2D eigenvalue weighted by molar-refractivity contribution is -0.148. The number of rotatable bonds is 9. The van der Waals surface area contributed by atoms with Gasteiger partial charge < -0.3 is 14.6 Å². The first-order valence-electron chi connectivity index (χ1n) is 14.4. The summed E-state index contributed by atoms with van der Waals surface area (Å²) >= 11 is 0. The Morgan fingerprint density at radius 3 is 2.51 bits per heavy atom. The van der Waals surface area contributed by atoms with Gasteiger partial charge in [-0.05, 0) is 91.6 Å². The van der Waals surface area contributed by atoms with Gasteiger partial charge in [-0.1, -0.05) is 31.5 Å². The molecule has 6 rings (SSSR count). The van der Waals surface area contributed by atoms with Gasteiger partial charge >= 0.3 is 12.6 Å². The number of carboxylic acid groups (broad SMARTS) is 1. The Balaban J connectivity index is 1.44. The van der Waals surface area contributed by atoms with Gasteiger partial charge in [-0.3, -0.25) is 9.10 Å². The van der Waals surface area contributed by atoms with Crippen LogP contribution in [0.1, 0.15) is 51.0 Å². The standard InChI is InChI=1S/C32H32F3NO6S/c1-2-4-20-5-3-6-25(13-20)43(39,40)36-18-28(31-9-11-32(19-31,12-10-31)29(37)38)42-27-8-7-21(16-26(27)36)22-14-23(33)17-24(15-22)41-30(34)35/h3,5-8,13-17,28,30H,2,4,9-12,18-19H2,1H3,(H,37,38)/t28-,31?,32?/m1/s1. The molecule has 0 saturated heterocycles. The minimum atomic E-state index is -4.12. The molecule has 1 heterocycles. The molecule has 3 aromatic carbocycles. The topological polar surface area (TPSA) is 93.1 Å². The maximum atomic E-state index is 14.4. The van der Waals surface area contributed by atoms with Crippen LogP contribution < -0.4 is 13.8 Å². The van der Waals surface area contributed by atoms with Gasteiger partial charge in [0.2, 0.25) is 0 Å². The maximum Gasteiger partial charge on any atom is 0.387 e. The van der Waals surface area contributed by atoms with E-state index in [-0.39, 0.29) is 28.4 Å². The van der Waals surface area contributed by atoms with Crippen molar-refractivity contribution < 1.29 is 41.0 Å². The van der Waals surface area contributed by atoms with Crippen molar-refractivity contribution in [2.75, 3.05) is 10.8 Å². The van der Waals surface area contributed by atoms with Crippen molar-refractivity contribution in [3.63, 3.8) is 0 Å². The van der Waals surface area contributed by atoms with Crippen molar-refractivity contribution in [1.82, 2.24) is 0 Å². The lowest BCUT2D eigenvalue weighted by atomic mass is 9.78. The summed E-state index contributed by atoms with van der Waals surface area (Å²) in [5.74, 6) is -1.68. The second-order valence-electron chi connectivity index (χ2n) is 11.9. The SMILES string of the molecule is CCCc1cccc(S(=O)(=O)N2C[C@H](C34CCC(C(=O)O)(CC3)C4)Oc3ccc(-c4cc(F)cc(OC(F)F)c4)cc32)c1. The molecule has 228 valence electrons.